The molecule has 6 N–H and O–H groups in total. The van der Waals surface area contributed by atoms with Crippen LogP contribution in [0.2, 0.25) is 0 Å². The average Bonchev–Trinajstić information content (AvgIpc) is 3.46. The van der Waals surface area contributed by atoms with Gasteiger partial charge in [-0.3, -0.25) is 4.79 Å². The number of aliphatic hydroxyl groups is 5. The summed E-state index contributed by atoms with van der Waals surface area (Å²) in [4.78, 5) is 13.1. The van der Waals surface area contributed by atoms with E-state index in [9.17, 15) is 30.3 Å². The van der Waals surface area contributed by atoms with Crippen molar-refractivity contribution in [3.05, 3.63) is 146 Å². The summed E-state index contributed by atoms with van der Waals surface area (Å²) in [6.07, 6.45) is 83.6. The van der Waals surface area contributed by atoms with Crippen LogP contribution < -0.4 is 5.32 Å². The molecule has 0 aliphatic carbocycles. The van der Waals surface area contributed by atoms with E-state index in [4.69, 9.17) is 9.47 Å². The van der Waals surface area contributed by atoms with Gasteiger partial charge in [0.05, 0.1) is 25.4 Å². The van der Waals surface area contributed by atoms with Gasteiger partial charge in [0.1, 0.15) is 24.4 Å². The largest absolute Gasteiger partial charge is 0.394 e. The highest BCUT2D eigenvalue weighted by atomic mass is 16.7. The van der Waals surface area contributed by atoms with E-state index in [0.29, 0.717) is 12.8 Å². The van der Waals surface area contributed by atoms with Crippen molar-refractivity contribution in [3.8, 4) is 0 Å². The van der Waals surface area contributed by atoms with Crippen LogP contribution in [0.4, 0.5) is 0 Å². The van der Waals surface area contributed by atoms with Crippen LogP contribution in [0, 0.1) is 0 Å². The first-order valence-corrected chi connectivity index (χ1v) is 32.1. The Bertz CT molecular complexity index is 1770. The molecule has 0 aromatic carbocycles. The highest BCUT2D eigenvalue weighted by Crippen LogP contribution is 2.23. The zero-order valence-electron chi connectivity index (χ0n) is 50.5. The summed E-state index contributed by atoms with van der Waals surface area (Å²) in [5.41, 5.74) is 0. The average molecular weight is 1110 g/mol. The summed E-state index contributed by atoms with van der Waals surface area (Å²) >= 11 is 0. The van der Waals surface area contributed by atoms with Crippen molar-refractivity contribution in [1.82, 2.24) is 5.32 Å². The Morgan fingerprint density at radius 1 is 0.438 bits per heavy atom. The Labute approximate surface area is 489 Å². The second-order valence-electron chi connectivity index (χ2n) is 21.4. The van der Waals surface area contributed by atoms with Crippen LogP contribution in [-0.2, 0) is 14.3 Å². The number of rotatable bonds is 53. The second-order valence-corrected chi connectivity index (χ2v) is 21.4. The van der Waals surface area contributed by atoms with Crippen molar-refractivity contribution in [2.75, 3.05) is 13.2 Å². The summed E-state index contributed by atoms with van der Waals surface area (Å²) in [7, 11) is 0. The van der Waals surface area contributed by atoms with Crippen molar-refractivity contribution in [2.45, 2.75) is 281 Å². The standard InChI is InChI=1S/C71H117NO8/c1-3-5-7-9-11-13-15-17-19-21-23-25-27-29-31-33-35-37-39-41-43-45-47-49-51-53-55-57-59-61-67(75)72-64(63-79-71-70(78)69(77)68(76)66(62-73)80-71)65(74)60-58-56-54-52-50-48-46-44-42-40-38-36-34-32-30-28-26-24-22-20-18-16-14-12-10-8-6-4-2/h5,7,11,13,17,19,23,25,29,31,35,37,41-44,47,49-50,52-53,55,58,60,64-66,68-71,73-74,76-78H,3-4,6,8-10,12,14-16,18,20-22,24,26-28,30,32-34,36,38-40,45-46,48,51,54,56-57,59,61-63H2,1-2H3,(H,72,75)/b7-5-,13-11-,19-17-,25-23-,31-29-,37-35-,43-41-,44-42+,49-47-,52-50+,55-53-,60-58+. The predicted octanol–water partition coefficient (Wildman–Crippen LogP) is 17.0. The molecule has 1 aliphatic rings. The maximum atomic E-state index is 13.1. The Hall–Kier alpha value is -3.93. The molecule has 0 radical (unpaired) electrons. The normalized spacial score (nSPS) is 19.5. The third kappa shape index (κ3) is 46.7. The summed E-state index contributed by atoms with van der Waals surface area (Å²) in [5.74, 6) is -0.253. The molecule has 1 amide bonds. The second kappa shape index (κ2) is 58.3. The topological polar surface area (TPSA) is 149 Å². The lowest BCUT2D eigenvalue weighted by molar-refractivity contribution is -0.302. The molecule has 0 bridgehead atoms. The fourth-order valence-electron chi connectivity index (χ4n) is 9.13. The first-order chi connectivity index (χ1) is 39.3. The minimum absolute atomic E-state index is 0.239. The van der Waals surface area contributed by atoms with Gasteiger partial charge >= 0.3 is 0 Å². The summed E-state index contributed by atoms with van der Waals surface area (Å²) in [5, 5.41) is 54.6. The minimum Gasteiger partial charge on any atom is -0.394 e. The van der Waals surface area contributed by atoms with Gasteiger partial charge in [-0.05, 0) is 109 Å². The summed E-state index contributed by atoms with van der Waals surface area (Å²) in [6.45, 7) is 3.61. The number of unbranched alkanes of at least 4 members (excludes halogenated alkanes) is 21. The summed E-state index contributed by atoms with van der Waals surface area (Å²) in [6, 6.07) is -0.872. The third-order valence-electron chi connectivity index (χ3n) is 14.1. The van der Waals surface area contributed by atoms with Crippen LogP contribution in [0.1, 0.15) is 239 Å². The van der Waals surface area contributed by atoms with Gasteiger partial charge < -0.3 is 40.3 Å². The van der Waals surface area contributed by atoms with Gasteiger partial charge in [-0.1, -0.05) is 269 Å². The number of carbonyl (C=O) groups excluding carboxylic acids is 1. The zero-order valence-corrected chi connectivity index (χ0v) is 50.5. The lowest BCUT2D eigenvalue weighted by Gasteiger charge is -2.40. The molecule has 80 heavy (non-hydrogen) atoms. The molecule has 9 heteroatoms. The van der Waals surface area contributed by atoms with E-state index in [-0.39, 0.29) is 18.9 Å². The van der Waals surface area contributed by atoms with Crippen LogP contribution in [0.5, 0.6) is 0 Å². The van der Waals surface area contributed by atoms with E-state index < -0.39 is 49.5 Å². The van der Waals surface area contributed by atoms with Gasteiger partial charge in [0.2, 0.25) is 5.91 Å². The molecule has 1 heterocycles. The van der Waals surface area contributed by atoms with Gasteiger partial charge in [0.15, 0.2) is 6.29 Å². The zero-order chi connectivity index (χ0) is 57.9. The van der Waals surface area contributed by atoms with Crippen molar-refractivity contribution >= 4 is 5.91 Å². The molecule has 0 spiro atoms. The van der Waals surface area contributed by atoms with E-state index in [1.165, 1.54) is 116 Å². The number of nitrogens with one attached hydrogen (secondary N) is 1. The molecule has 0 aromatic rings. The molecule has 454 valence electrons. The van der Waals surface area contributed by atoms with Gasteiger partial charge in [-0.2, -0.15) is 0 Å². The Balaban J connectivity index is 2.29. The number of ether oxygens (including phenoxy) is 2. The monoisotopic (exact) mass is 1110 g/mol. The van der Waals surface area contributed by atoms with Gasteiger partial charge in [0, 0.05) is 6.42 Å². The quantitative estimate of drug-likeness (QED) is 0.0261. The maximum absolute atomic E-state index is 13.1. The van der Waals surface area contributed by atoms with Crippen LogP contribution >= 0.6 is 0 Å². The molecule has 1 fully saturated rings. The lowest BCUT2D eigenvalue weighted by Crippen LogP contribution is -2.60. The molecule has 1 saturated heterocycles. The maximum Gasteiger partial charge on any atom is 0.220 e. The fourth-order valence-corrected chi connectivity index (χ4v) is 9.13. The van der Waals surface area contributed by atoms with Gasteiger partial charge in [0.25, 0.3) is 0 Å². The Morgan fingerprint density at radius 2 is 0.787 bits per heavy atom. The first kappa shape index (κ1) is 74.1. The Kier molecular flexibility index (Phi) is 54.0. The highest BCUT2D eigenvalue weighted by Gasteiger charge is 2.44. The van der Waals surface area contributed by atoms with Crippen molar-refractivity contribution in [3.63, 3.8) is 0 Å². The van der Waals surface area contributed by atoms with Crippen molar-refractivity contribution in [2.24, 2.45) is 0 Å². The SMILES string of the molecule is CC/C=C\C/C=C\C/C=C\C/C=C\C/C=C\C/C=C\C/C=C\C/C=C\C/C=C\CCCC(=O)NC(COC1OC(CO)C(O)C(O)C1O)C(O)/C=C/CC/C=C/CC/C=C/CCCCCCCCCCCCCCCCCCCC. The van der Waals surface area contributed by atoms with Gasteiger partial charge in [-0.25, -0.2) is 0 Å². The van der Waals surface area contributed by atoms with Crippen molar-refractivity contribution < 1.29 is 39.8 Å². The molecule has 0 aromatic heterocycles. The van der Waals surface area contributed by atoms with E-state index in [1.807, 2.05) is 6.08 Å². The van der Waals surface area contributed by atoms with Crippen LogP contribution in [0.25, 0.3) is 0 Å². The molecule has 9 nitrogen and oxygen atoms in total. The van der Waals surface area contributed by atoms with E-state index >= 15 is 0 Å². The number of amides is 1. The summed E-state index contributed by atoms with van der Waals surface area (Å²) < 4.78 is 11.2. The molecule has 7 unspecified atom stereocenters. The van der Waals surface area contributed by atoms with E-state index in [1.54, 1.807) is 6.08 Å². The molecule has 0 saturated carbocycles. The lowest BCUT2D eigenvalue weighted by atomic mass is 9.99. The minimum atomic E-state index is -1.60. The number of aliphatic hydroxyl groups excluding tert-OH is 5. The van der Waals surface area contributed by atoms with E-state index in [2.05, 4.69) is 153 Å². The fraction of sp³-hybridized carbons (Fsp3) is 0.648. The molecule has 1 aliphatic heterocycles. The smallest absolute Gasteiger partial charge is 0.220 e. The number of hydrogen-bond donors (Lipinski definition) is 6. The molecular weight excluding hydrogens is 995 g/mol. The van der Waals surface area contributed by atoms with Crippen molar-refractivity contribution in [1.29, 1.82) is 0 Å². The number of carbonyl (C=O) groups is 1. The number of allylic oxidation sites excluding steroid dienone is 23. The Morgan fingerprint density at radius 3 is 1.20 bits per heavy atom. The highest BCUT2D eigenvalue weighted by molar-refractivity contribution is 5.76. The first-order valence-electron chi connectivity index (χ1n) is 32.1. The van der Waals surface area contributed by atoms with Crippen LogP contribution in [0.3, 0.4) is 0 Å². The van der Waals surface area contributed by atoms with E-state index in [0.717, 1.165) is 89.9 Å². The predicted molar refractivity (Wildman–Crippen MR) is 340 cm³/mol. The van der Waals surface area contributed by atoms with Gasteiger partial charge in [-0.15, -0.1) is 0 Å². The van der Waals surface area contributed by atoms with Crippen LogP contribution in [-0.4, -0.2) is 87.5 Å². The van der Waals surface area contributed by atoms with Crippen LogP contribution in [0.15, 0.2) is 146 Å². The third-order valence-corrected chi connectivity index (χ3v) is 14.1. The molecular formula is C71H117NO8. The number of hydrogen-bond acceptors (Lipinski definition) is 8. The molecule has 7 atom stereocenters. The molecule has 1 rings (SSSR count).